The van der Waals surface area contributed by atoms with Gasteiger partial charge in [0.1, 0.15) is 6.79 Å². The zero-order chi connectivity index (χ0) is 24.0. The van der Waals surface area contributed by atoms with Crippen molar-refractivity contribution in [3.63, 3.8) is 0 Å². The monoisotopic (exact) mass is 480 g/mol. The SMILES string of the molecule is COCO[C@H]1C[C@@]2(O[C@H]1CCOCc1ccccc1)O[C@]1(CC[C@@H](OC)C[C@@H](CO)O1)C[C@@H]2C. The number of rotatable bonds is 10. The van der Waals surface area contributed by atoms with Crippen LogP contribution in [-0.2, 0) is 39.8 Å². The minimum absolute atomic E-state index is 0.0452. The van der Waals surface area contributed by atoms with Gasteiger partial charge in [-0.25, -0.2) is 0 Å². The van der Waals surface area contributed by atoms with Crippen LogP contribution in [-0.4, -0.2) is 75.3 Å². The van der Waals surface area contributed by atoms with E-state index in [9.17, 15) is 5.11 Å². The van der Waals surface area contributed by atoms with Gasteiger partial charge in [-0.1, -0.05) is 37.3 Å². The molecule has 4 rings (SSSR count). The van der Waals surface area contributed by atoms with Crippen molar-refractivity contribution in [1.29, 1.82) is 0 Å². The summed E-state index contributed by atoms with van der Waals surface area (Å²) in [6.45, 7) is 3.40. The molecule has 3 aliphatic heterocycles. The first-order valence-corrected chi connectivity index (χ1v) is 12.4. The second-order valence-corrected chi connectivity index (χ2v) is 9.78. The fraction of sp³-hybridized carbons (Fsp3) is 0.769. The first-order chi connectivity index (χ1) is 16.5. The summed E-state index contributed by atoms with van der Waals surface area (Å²) in [5.41, 5.74) is 1.14. The molecule has 1 N–H and O–H groups in total. The standard InChI is InChI=1S/C26H40O8/c1-19-14-25(11-9-21(29-3)13-22(16-27)32-25)34-26(19)15-24(31-18-28-2)23(33-26)10-12-30-17-20-7-5-4-6-8-20/h4-8,19,21-24,27H,9-18H2,1-3H3/t19-,21+,22-,23-,24-,25+,26+/m0/s1. The molecule has 0 radical (unpaired) electrons. The van der Waals surface area contributed by atoms with E-state index in [1.54, 1.807) is 14.2 Å². The van der Waals surface area contributed by atoms with Gasteiger partial charge in [-0.05, 0) is 18.4 Å². The Bertz CT molecular complexity index is 748. The molecule has 3 aliphatic rings. The largest absolute Gasteiger partial charge is 0.394 e. The summed E-state index contributed by atoms with van der Waals surface area (Å²) in [6, 6.07) is 10.1. The Morgan fingerprint density at radius 2 is 1.94 bits per heavy atom. The van der Waals surface area contributed by atoms with Crippen LogP contribution in [0.4, 0.5) is 0 Å². The number of methoxy groups -OCH3 is 2. The second kappa shape index (κ2) is 11.8. The number of aliphatic hydroxyl groups excluding tert-OH is 1. The van der Waals surface area contributed by atoms with Crippen LogP contribution in [0.25, 0.3) is 0 Å². The number of hydrogen-bond donors (Lipinski definition) is 1. The number of hydrogen-bond acceptors (Lipinski definition) is 8. The van der Waals surface area contributed by atoms with E-state index in [4.69, 9.17) is 33.2 Å². The predicted octanol–water partition coefficient (Wildman–Crippen LogP) is 3.40. The van der Waals surface area contributed by atoms with Gasteiger partial charge in [0.25, 0.3) is 0 Å². The fourth-order valence-electron chi connectivity index (χ4n) is 5.54. The Labute approximate surface area is 202 Å². The van der Waals surface area contributed by atoms with Gasteiger partial charge in [-0.15, -0.1) is 0 Å². The van der Waals surface area contributed by atoms with E-state index < -0.39 is 11.6 Å². The van der Waals surface area contributed by atoms with Crippen molar-refractivity contribution >= 4 is 0 Å². The maximum absolute atomic E-state index is 9.86. The molecule has 0 saturated carbocycles. The topological polar surface area (TPSA) is 84.8 Å². The molecule has 0 aliphatic carbocycles. The number of ether oxygens (including phenoxy) is 7. The van der Waals surface area contributed by atoms with E-state index in [1.807, 2.05) is 18.2 Å². The van der Waals surface area contributed by atoms with Crippen LogP contribution in [0, 0.1) is 5.92 Å². The van der Waals surface area contributed by atoms with E-state index in [-0.39, 0.29) is 43.7 Å². The van der Waals surface area contributed by atoms with Crippen LogP contribution in [0.3, 0.4) is 0 Å². The normalized spacial score (nSPS) is 38.1. The van der Waals surface area contributed by atoms with Gasteiger partial charge in [0.05, 0.1) is 37.6 Å². The zero-order valence-electron chi connectivity index (χ0n) is 20.6. The highest BCUT2D eigenvalue weighted by molar-refractivity contribution is 5.13. The molecule has 3 saturated heterocycles. The highest BCUT2D eigenvalue weighted by atomic mass is 16.8. The van der Waals surface area contributed by atoms with E-state index >= 15 is 0 Å². The maximum atomic E-state index is 9.86. The second-order valence-electron chi connectivity index (χ2n) is 9.78. The summed E-state index contributed by atoms with van der Waals surface area (Å²) in [5, 5.41) is 9.86. The number of aliphatic hydroxyl groups is 1. The van der Waals surface area contributed by atoms with Crippen LogP contribution in [0.5, 0.6) is 0 Å². The lowest BCUT2D eigenvalue weighted by Crippen LogP contribution is -2.41. The van der Waals surface area contributed by atoms with Crippen LogP contribution in [0.1, 0.15) is 51.0 Å². The quantitative estimate of drug-likeness (QED) is 0.403. The third-order valence-electron chi connectivity index (χ3n) is 7.33. The van der Waals surface area contributed by atoms with Crippen LogP contribution >= 0.6 is 0 Å². The first-order valence-electron chi connectivity index (χ1n) is 12.4. The van der Waals surface area contributed by atoms with Gasteiger partial charge < -0.3 is 38.3 Å². The Morgan fingerprint density at radius 1 is 1.12 bits per heavy atom. The molecule has 0 aromatic heterocycles. The Kier molecular flexibility index (Phi) is 8.98. The fourth-order valence-corrected chi connectivity index (χ4v) is 5.54. The lowest BCUT2D eigenvalue weighted by atomic mass is 9.92. The molecular formula is C26H40O8. The molecule has 8 heteroatoms. The highest BCUT2D eigenvalue weighted by Gasteiger charge is 2.62. The molecule has 0 unspecified atom stereocenters. The zero-order valence-corrected chi connectivity index (χ0v) is 20.6. The van der Waals surface area contributed by atoms with Crippen LogP contribution in [0.15, 0.2) is 30.3 Å². The molecule has 0 bridgehead atoms. The van der Waals surface area contributed by atoms with E-state index in [0.717, 1.165) is 12.0 Å². The summed E-state index contributed by atoms with van der Waals surface area (Å²) < 4.78 is 42.4. The van der Waals surface area contributed by atoms with Crippen molar-refractivity contribution in [2.75, 3.05) is 34.2 Å². The summed E-state index contributed by atoms with van der Waals surface area (Å²) >= 11 is 0. The molecule has 0 amide bonds. The first kappa shape index (κ1) is 26.0. The van der Waals surface area contributed by atoms with Crippen molar-refractivity contribution < 1.29 is 38.3 Å². The molecule has 3 fully saturated rings. The van der Waals surface area contributed by atoms with E-state index in [1.165, 1.54) is 0 Å². The lowest BCUT2D eigenvalue weighted by Gasteiger charge is -2.34. The Hall–Kier alpha value is -1.10. The van der Waals surface area contributed by atoms with Crippen LogP contribution < -0.4 is 0 Å². The summed E-state index contributed by atoms with van der Waals surface area (Å²) in [4.78, 5) is 0. The molecule has 3 heterocycles. The predicted molar refractivity (Wildman–Crippen MR) is 124 cm³/mol. The Morgan fingerprint density at radius 3 is 2.68 bits per heavy atom. The summed E-state index contributed by atoms with van der Waals surface area (Å²) in [7, 11) is 3.33. The molecule has 8 nitrogen and oxygen atoms in total. The average molecular weight is 481 g/mol. The van der Waals surface area contributed by atoms with Crippen molar-refractivity contribution in [3.8, 4) is 0 Å². The van der Waals surface area contributed by atoms with Gasteiger partial charge in [-0.2, -0.15) is 0 Å². The molecule has 1 aromatic rings. The number of benzene rings is 1. The van der Waals surface area contributed by atoms with Gasteiger partial charge in [0.15, 0.2) is 11.6 Å². The summed E-state index contributed by atoms with van der Waals surface area (Å²) in [5.74, 6) is -1.48. The van der Waals surface area contributed by atoms with Crippen molar-refractivity contribution in [2.24, 2.45) is 5.92 Å². The molecule has 7 atom stereocenters. The van der Waals surface area contributed by atoms with Crippen molar-refractivity contribution in [2.45, 2.75) is 88.0 Å². The molecule has 1 aromatic carbocycles. The molecular weight excluding hydrogens is 440 g/mol. The Balaban J connectivity index is 1.40. The van der Waals surface area contributed by atoms with Gasteiger partial charge in [0.2, 0.25) is 0 Å². The smallest absolute Gasteiger partial charge is 0.177 e. The van der Waals surface area contributed by atoms with Crippen molar-refractivity contribution in [3.05, 3.63) is 35.9 Å². The van der Waals surface area contributed by atoms with Crippen LogP contribution in [0.2, 0.25) is 0 Å². The van der Waals surface area contributed by atoms with Gasteiger partial charge >= 0.3 is 0 Å². The van der Waals surface area contributed by atoms with E-state index in [0.29, 0.717) is 45.3 Å². The summed E-state index contributed by atoms with van der Waals surface area (Å²) in [6.07, 6.45) is 3.56. The minimum Gasteiger partial charge on any atom is -0.394 e. The van der Waals surface area contributed by atoms with Gasteiger partial charge in [0, 0.05) is 52.4 Å². The lowest BCUT2D eigenvalue weighted by molar-refractivity contribution is -0.330. The van der Waals surface area contributed by atoms with E-state index in [2.05, 4.69) is 19.1 Å². The highest BCUT2D eigenvalue weighted by Crippen LogP contribution is 2.54. The maximum Gasteiger partial charge on any atom is 0.177 e. The minimum atomic E-state index is -0.796. The molecule has 34 heavy (non-hydrogen) atoms. The molecule has 2 spiro atoms. The van der Waals surface area contributed by atoms with Crippen molar-refractivity contribution in [1.82, 2.24) is 0 Å². The average Bonchev–Trinajstić information content (AvgIpc) is 3.26. The molecule has 192 valence electrons. The van der Waals surface area contributed by atoms with Gasteiger partial charge in [-0.3, -0.25) is 0 Å². The third kappa shape index (κ3) is 5.99. The third-order valence-corrected chi connectivity index (χ3v) is 7.33.